The average Bonchev–Trinajstić information content (AvgIpc) is 2.53. The lowest BCUT2D eigenvalue weighted by atomic mass is 9.86. The van der Waals surface area contributed by atoms with Crippen molar-refractivity contribution in [2.75, 3.05) is 19.6 Å². The van der Waals surface area contributed by atoms with Crippen molar-refractivity contribution >= 4 is 0 Å². The van der Waals surface area contributed by atoms with Crippen LogP contribution in [0.25, 0.3) is 0 Å². The fraction of sp³-hybridized carbons (Fsp3) is 0.786. The van der Waals surface area contributed by atoms with Gasteiger partial charge in [0.1, 0.15) is 0 Å². The summed E-state index contributed by atoms with van der Waals surface area (Å²) in [5.74, 6) is 0. The summed E-state index contributed by atoms with van der Waals surface area (Å²) in [6.45, 7) is 11.3. The molecule has 1 saturated heterocycles. The summed E-state index contributed by atoms with van der Waals surface area (Å²) in [5, 5.41) is 8.15. The van der Waals surface area contributed by atoms with Crippen LogP contribution in [-0.2, 0) is 13.6 Å². The highest BCUT2D eigenvalue weighted by Gasteiger charge is 2.28. The lowest BCUT2D eigenvalue weighted by Crippen LogP contribution is -2.46. The van der Waals surface area contributed by atoms with Gasteiger partial charge in [-0.05, 0) is 31.0 Å². The van der Waals surface area contributed by atoms with Crippen molar-refractivity contribution in [2.24, 2.45) is 12.5 Å². The second-order valence-corrected chi connectivity index (χ2v) is 6.44. The van der Waals surface area contributed by atoms with Gasteiger partial charge in [0.05, 0.1) is 5.69 Å². The van der Waals surface area contributed by atoms with Crippen LogP contribution in [0.3, 0.4) is 0 Å². The van der Waals surface area contributed by atoms with E-state index in [-0.39, 0.29) is 0 Å². The fourth-order valence-corrected chi connectivity index (χ4v) is 2.49. The topological polar surface area (TPSA) is 33.1 Å². The van der Waals surface area contributed by atoms with Crippen molar-refractivity contribution in [1.29, 1.82) is 0 Å². The Kier molecular flexibility index (Phi) is 4.07. The first kappa shape index (κ1) is 13.6. The Morgan fingerprint density at radius 3 is 2.83 bits per heavy atom. The SMILES string of the molecule is Cn1ccc(CN2CCCNC(C(C)(C)C)C2)n1. The Labute approximate surface area is 110 Å². The van der Waals surface area contributed by atoms with Gasteiger partial charge in [0.15, 0.2) is 0 Å². The molecule has 1 N–H and O–H groups in total. The molecule has 1 atom stereocenters. The summed E-state index contributed by atoms with van der Waals surface area (Å²) >= 11 is 0. The van der Waals surface area contributed by atoms with Crippen LogP contribution in [0, 0.1) is 5.41 Å². The number of aryl methyl sites for hydroxylation is 1. The molecule has 0 aliphatic carbocycles. The summed E-state index contributed by atoms with van der Waals surface area (Å²) in [7, 11) is 1.98. The van der Waals surface area contributed by atoms with E-state index >= 15 is 0 Å². The lowest BCUT2D eigenvalue weighted by molar-refractivity contribution is 0.190. The van der Waals surface area contributed by atoms with Gasteiger partial charge in [-0.1, -0.05) is 20.8 Å². The normalized spacial score (nSPS) is 23.0. The Hall–Kier alpha value is -0.870. The van der Waals surface area contributed by atoms with Gasteiger partial charge in [0.25, 0.3) is 0 Å². The molecule has 0 aromatic carbocycles. The molecule has 1 aliphatic rings. The Bertz CT molecular complexity index is 377. The second kappa shape index (κ2) is 5.41. The van der Waals surface area contributed by atoms with Gasteiger partial charge in [-0.2, -0.15) is 5.10 Å². The van der Waals surface area contributed by atoms with Gasteiger partial charge in [-0.15, -0.1) is 0 Å². The molecule has 0 saturated carbocycles. The summed E-state index contributed by atoms with van der Waals surface area (Å²) in [6, 6.07) is 2.67. The average molecular weight is 250 g/mol. The van der Waals surface area contributed by atoms with E-state index in [1.807, 2.05) is 17.9 Å². The van der Waals surface area contributed by atoms with Crippen molar-refractivity contribution in [3.05, 3.63) is 18.0 Å². The first-order chi connectivity index (χ1) is 8.45. The highest BCUT2D eigenvalue weighted by molar-refractivity contribution is 4.99. The van der Waals surface area contributed by atoms with Gasteiger partial charge in [0.2, 0.25) is 0 Å². The molecule has 0 amide bonds. The molecule has 1 unspecified atom stereocenters. The smallest absolute Gasteiger partial charge is 0.0764 e. The van der Waals surface area contributed by atoms with Crippen molar-refractivity contribution in [2.45, 2.75) is 39.8 Å². The first-order valence-corrected chi connectivity index (χ1v) is 6.89. The monoisotopic (exact) mass is 250 g/mol. The van der Waals surface area contributed by atoms with Gasteiger partial charge in [-0.25, -0.2) is 0 Å². The van der Waals surface area contributed by atoms with Crippen LogP contribution in [0.5, 0.6) is 0 Å². The number of aromatic nitrogens is 2. The van der Waals surface area contributed by atoms with Gasteiger partial charge < -0.3 is 5.32 Å². The predicted octanol–water partition coefficient (Wildman–Crippen LogP) is 1.63. The van der Waals surface area contributed by atoms with Crippen LogP contribution in [0.4, 0.5) is 0 Å². The van der Waals surface area contributed by atoms with E-state index in [4.69, 9.17) is 0 Å². The Morgan fingerprint density at radius 1 is 1.44 bits per heavy atom. The molecule has 0 spiro atoms. The van der Waals surface area contributed by atoms with Crippen molar-refractivity contribution < 1.29 is 0 Å². The molecule has 102 valence electrons. The van der Waals surface area contributed by atoms with Crippen LogP contribution in [0.1, 0.15) is 32.9 Å². The number of hydrogen-bond donors (Lipinski definition) is 1. The van der Waals surface area contributed by atoms with E-state index in [2.05, 4.69) is 42.2 Å². The van der Waals surface area contributed by atoms with E-state index in [0.717, 1.165) is 26.2 Å². The van der Waals surface area contributed by atoms with Gasteiger partial charge in [-0.3, -0.25) is 9.58 Å². The van der Waals surface area contributed by atoms with E-state index in [1.54, 1.807) is 0 Å². The van der Waals surface area contributed by atoms with E-state index in [0.29, 0.717) is 11.5 Å². The zero-order chi connectivity index (χ0) is 13.2. The van der Waals surface area contributed by atoms with E-state index in [9.17, 15) is 0 Å². The Balaban J connectivity index is 1.99. The maximum Gasteiger partial charge on any atom is 0.0764 e. The molecule has 1 aliphatic heterocycles. The molecule has 0 bridgehead atoms. The quantitative estimate of drug-likeness (QED) is 0.866. The van der Waals surface area contributed by atoms with E-state index < -0.39 is 0 Å². The maximum atomic E-state index is 4.48. The summed E-state index contributed by atoms with van der Waals surface area (Å²) in [6.07, 6.45) is 3.24. The zero-order valence-corrected chi connectivity index (χ0v) is 12.1. The lowest BCUT2D eigenvalue weighted by Gasteiger charge is -2.33. The standard InChI is InChI=1S/C14H26N4/c1-14(2,3)13-11-18(8-5-7-15-13)10-12-6-9-17(4)16-12/h6,9,13,15H,5,7-8,10-11H2,1-4H3. The summed E-state index contributed by atoms with van der Waals surface area (Å²) in [5.41, 5.74) is 1.49. The number of rotatable bonds is 2. The molecule has 18 heavy (non-hydrogen) atoms. The molecule has 4 nitrogen and oxygen atoms in total. The van der Waals surface area contributed by atoms with Crippen LogP contribution >= 0.6 is 0 Å². The zero-order valence-electron chi connectivity index (χ0n) is 12.1. The van der Waals surface area contributed by atoms with Crippen LogP contribution < -0.4 is 5.32 Å². The highest BCUT2D eigenvalue weighted by atomic mass is 15.3. The third-order valence-electron chi connectivity index (χ3n) is 3.68. The van der Waals surface area contributed by atoms with Crippen LogP contribution in [0.2, 0.25) is 0 Å². The molecular formula is C14H26N4. The molecule has 1 aromatic heterocycles. The third-order valence-corrected chi connectivity index (χ3v) is 3.68. The largest absolute Gasteiger partial charge is 0.312 e. The Morgan fingerprint density at radius 2 is 2.22 bits per heavy atom. The highest BCUT2D eigenvalue weighted by Crippen LogP contribution is 2.22. The second-order valence-electron chi connectivity index (χ2n) is 6.44. The molecular weight excluding hydrogens is 224 g/mol. The van der Waals surface area contributed by atoms with Crippen molar-refractivity contribution in [3.63, 3.8) is 0 Å². The van der Waals surface area contributed by atoms with Crippen molar-refractivity contribution in [3.8, 4) is 0 Å². The third kappa shape index (κ3) is 3.56. The van der Waals surface area contributed by atoms with Gasteiger partial charge >= 0.3 is 0 Å². The minimum atomic E-state index is 0.312. The van der Waals surface area contributed by atoms with E-state index in [1.165, 1.54) is 12.1 Å². The van der Waals surface area contributed by atoms with Gasteiger partial charge in [0, 0.05) is 32.4 Å². The summed E-state index contributed by atoms with van der Waals surface area (Å²) < 4.78 is 1.88. The predicted molar refractivity (Wildman–Crippen MR) is 74.3 cm³/mol. The minimum Gasteiger partial charge on any atom is -0.312 e. The number of nitrogens with one attached hydrogen (secondary N) is 1. The molecule has 1 fully saturated rings. The van der Waals surface area contributed by atoms with Crippen LogP contribution in [0.15, 0.2) is 12.3 Å². The first-order valence-electron chi connectivity index (χ1n) is 6.89. The minimum absolute atomic E-state index is 0.312. The molecule has 2 heterocycles. The molecule has 1 aromatic rings. The maximum absolute atomic E-state index is 4.48. The van der Waals surface area contributed by atoms with Crippen LogP contribution in [-0.4, -0.2) is 40.4 Å². The number of hydrogen-bond acceptors (Lipinski definition) is 3. The fourth-order valence-electron chi connectivity index (χ4n) is 2.49. The molecule has 2 rings (SSSR count). The summed E-state index contributed by atoms with van der Waals surface area (Å²) in [4.78, 5) is 2.53. The molecule has 4 heteroatoms. The number of nitrogens with zero attached hydrogens (tertiary/aromatic N) is 3. The molecule has 0 radical (unpaired) electrons. The van der Waals surface area contributed by atoms with Crippen molar-refractivity contribution in [1.82, 2.24) is 20.0 Å².